The van der Waals surface area contributed by atoms with E-state index in [1.54, 1.807) is 4.57 Å². The molecule has 2 heterocycles. The van der Waals surface area contributed by atoms with Crippen LogP contribution in [0.25, 0.3) is 11.0 Å². The Labute approximate surface area is 121 Å². The lowest BCUT2D eigenvalue weighted by atomic mass is 10.2. The molecule has 6 heteroatoms. The number of H-pyrrole nitrogens is 1. The number of rotatable bonds is 3. The van der Waals surface area contributed by atoms with E-state index in [9.17, 15) is 8.78 Å². The molecular weight excluding hydrogens is 280 g/mol. The van der Waals surface area contributed by atoms with Crippen LogP contribution in [0.1, 0.15) is 19.8 Å². The van der Waals surface area contributed by atoms with Gasteiger partial charge in [-0.15, -0.1) is 0 Å². The fourth-order valence-corrected chi connectivity index (χ4v) is 3.20. The molecule has 0 aliphatic carbocycles. The van der Waals surface area contributed by atoms with Crippen LogP contribution in [-0.4, -0.2) is 33.6 Å². The monoisotopic (exact) mass is 297 g/mol. The third-order valence-corrected chi connectivity index (χ3v) is 4.34. The molecule has 1 N–H and O–H groups in total. The second kappa shape index (κ2) is 5.26. The zero-order chi connectivity index (χ0) is 14.3. The molecule has 3 rings (SSSR count). The van der Waals surface area contributed by atoms with E-state index in [-0.39, 0.29) is 5.52 Å². The number of aromatic nitrogens is 2. The second-order valence-corrected chi connectivity index (χ2v) is 5.80. The van der Waals surface area contributed by atoms with Gasteiger partial charge in [-0.05, 0) is 51.1 Å². The fourth-order valence-electron chi connectivity index (χ4n) is 2.92. The predicted octanol–water partition coefficient (Wildman–Crippen LogP) is 3.46. The van der Waals surface area contributed by atoms with E-state index in [2.05, 4.69) is 16.8 Å². The lowest BCUT2D eigenvalue weighted by molar-refractivity contribution is 0.237. The highest BCUT2D eigenvalue weighted by molar-refractivity contribution is 7.71. The minimum absolute atomic E-state index is 0.282. The van der Waals surface area contributed by atoms with Gasteiger partial charge in [-0.2, -0.15) is 0 Å². The van der Waals surface area contributed by atoms with E-state index in [1.807, 2.05) is 0 Å². The Kier molecular flexibility index (Phi) is 3.60. The van der Waals surface area contributed by atoms with Gasteiger partial charge in [0.05, 0.1) is 5.52 Å². The van der Waals surface area contributed by atoms with Crippen LogP contribution in [0.4, 0.5) is 8.78 Å². The number of hydrogen-bond acceptors (Lipinski definition) is 2. The molecule has 1 aliphatic rings. The molecule has 0 spiro atoms. The van der Waals surface area contributed by atoms with E-state index in [1.165, 1.54) is 18.9 Å². The first-order chi connectivity index (χ1) is 9.56. The smallest absolute Gasteiger partial charge is 0.178 e. The number of nitrogens with one attached hydrogen (secondary N) is 1. The van der Waals surface area contributed by atoms with Crippen molar-refractivity contribution in [2.24, 2.45) is 0 Å². The average Bonchev–Trinajstić information content (AvgIpc) is 3.00. The summed E-state index contributed by atoms with van der Waals surface area (Å²) < 4.78 is 29.4. The van der Waals surface area contributed by atoms with Crippen LogP contribution in [-0.2, 0) is 6.54 Å². The molecule has 3 nitrogen and oxygen atoms in total. The molecule has 0 amide bonds. The maximum Gasteiger partial charge on any atom is 0.178 e. The normalized spacial score (nSPS) is 17.9. The van der Waals surface area contributed by atoms with Crippen LogP contribution in [0.2, 0.25) is 0 Å². The maximum atomic E-state index is 13.7. The lowest BCUT2D eigenvalue weighted by Crippen LogP contribution is -2.33. The molecule has 20 heavy (non-hydrogen) atoms. The number of aromatic amines is 1. The molecule has 1 aromatic heterocycles. The summed E-state index contributed by atoms with van der Waals surface area (Å²) in [5.74, 6) is -1.18. The van der Waals surface area contributed by atoms with Gasteiger partial charge < -0.3 is 9.55 Å². The van der Waals surface area contributed by atoms with Crippen molar-refractivity contribution in [2.75, 3.05) is 13.1 Å². The molecule has 0 bridgehead atoms. The number of hydrogen-bond donors (Lipinski definition) is 1. The van der Waals surface area contributed by atoms with Crippen molar-refractivity contribution in [3.63, 3.8) is 0 Å². The summed E-state index contributed by atoms with van der Waals surface area (Å²) in [7, 11) is 0. The highest BCUT2D eigenvalue weighted by atomic mass is 32.1. The molecule has 1 saturated heterocycles. The van der Waals surface area contributed by atoms with E-state index in [0.717, 1.165) is 19.2 Å². The minimum atomic E-state index is -0.598. The molecule has 1 aromatic carbocycles. The standard InChI is InChI=1S/C14H17F2N3S/c1-9(18-4-2-3-5-18)8-19-12-7-10(15)6-11(16)13(12)17-14(19)20/h6-7,9H,2-5,8H2,1H3,(H,17,20). The van der Waals surface area contributed by atoms with E-state index < -0.39 is 11.6 Å². The van der Waals surface area contributed by atoms with Crippen molar-refractivity contribution >= 4 is 23.3 Å². The molecule has 1 atom stereocenters. The number of fused-ring (bicyclic) bond motifs is 1. The Hall–Kier alpha value is -1.27. The Morgan fingerprint density at radius 2 is 2.00 bits per heavy atom. The van der Waals surface area contributed by atoms with Crippen LogP contribution in [0, 0.1) is 16.4 Å². The highest BCUT2D eigenvalue weighted by Crippen LogP contribution is 2.21. The van der Waals surface area contributed by atoms with Crippen LogP contribution in [0.15, 0.2) is 12.1 Å². The second-order valence-electron chi connectivity index (χ2n) is 5.41. The van der Waals surface area contributed by atoms with Crippen molar-refractivity contribution in [3.8, 4) is 0 Å². The van der Waals surface area contributed by atoms with Gasteiger partial charge in [0.1, 0.15) is 11.3 Å². The van der Waals surface area contributed by atoms with E-state index in [0.29, 0.717) is 22.9 Å². The van der Waals surface area contributed by atoms with Crippen LogP contribution in [0.5, 0.6) is 0 Å². The summed E-state index contributed by atoms with van der Waals surface area (Å²) in [6.45, 7) is 4.93. The summed E-state index contributed by atoms with van der Waals surface area (Å²) in [6.07, 6.45) is 2.43. The molecule has 0 saturated carbocycles. The highest BCUT2D eigenvalue weighted by Gasteiger charge is 2.20. The van der Waals surface area contributed by atoms with Gasteiger partial charge in [0.2, 0.25) is 0 Å². The molecule has 1 unspecified atom stereocenters. The molecule has 1 aliphatic heterocycles. The summed E-state index contributed by atoms with van der Waals surface area (Å²) in [4.78, 5) is 5.22. The first-order valence-corrected chi connectivity index (χ1v) is 7.28. The van der Waals surface area contributed by atoms with Gasteiger partial charge in [-0.3, -0.25) is 4.90 Å². The number of benzene rings is 1. The largest absolute Gasteiger partial charge is 0.328 e. The summed E-state index contributed by atoms with van der Waals surface area (Å²) in [5.41, 5.74) is 0.781. The Bertz CT molecular complexity index is 686. The van der Waals surface area contributed by atoms with Crippen molar-refractivity contribution in [2.45, 2.75) is 32.4 Å². The minimum Gasteiger partial charge on any atom is -0.328 e. The number of halogens is 2. The molecular formula is C14H17F2N3S. The Balaban J connectivity index is 1.98. The van der Waals surface area contributed by atoms with Gasteiger partial charge in [0, 0.05) is 18.7 Å². The van der Waals surface area contributed by atoms with Crippen molar-refractivity contribution in [1.29, 1.82) is 0 Å². The number of nitrogens with zero attached hydrogens (tertiary/aromatic N) is 2. The van der Waals surface area contributed by atoms with Crippen LogP contribution >= 0.6 is 12.2 Å². The maximum absolute atomic E-state index is 13.7. The molecule has 2 aromatic rings. The quantitative estimate of drug-likeness (QED) is 0.877. The molecule has 0 radical (unpaired) electrons. The van der Waals surface area contributed by atoms with Gasteiger partial charge in [-0.25, -0.2) is 8.78 Å². The third-order valence-electron chi connectivity index (χ3n) is 4.01. The Morgan fingerprint density at radius 3 is 2.70 bits per heavy atom. The van der Waals surface area contributed by atoms with Gasteiger partial charge in [-0.1, -0.05) is 0 Å². The van der Waals surface area contributed by atoms with Gasteiger partial charge in [0.15, 0.2) is 10.6 Å². The lowest BCUT2D eigenvalue weighted by Gasteiger charge is -2.24. The summed E-state index contributed by atoms with van der Waals surface area (Å²) in [5, 5.41) is 0. The van der Waals surface area contributed by atoms with Gasteiger partial charge >= 0.3 is 0 Å². The zero-order valence-corrected chi connectivity index (χ0v) is 12.1. The van der Waals surface area contributed by atoms with Crippen molar-refractivity contribution in [1.82, 2.24) is 14.5 Å². The van der Waals surface area contributed by atoms with E-state index in [4.69, 9.17) is 12.2 Å². The molecule has 1 fully saturated rings. The summed E-state index contributed by atoms with van der Waals surface area (Å²) in [6, 6.07) is 2.51. The summed E-state index contributed by atoms with van der Waals surface area (Å²) >= 11 is 5.25. The third kappa shape index (κ3) is 2.38. The predicted molar refractivity (Wildman–Crippen MR) is 77.3 cm³/mol. The first-order valence-electron chi connectivity index (χ1n) is 6.88. The van der Waals surface area contributed by atoms with Crippen LogP contribution < -0.4 is 0 Å². The first kappa shape index (κ1) is 13.7. The fraction of sp³-hybridized carbons (Fsp3) is 0.500. The van der Waals surface area contributed by atoms with Gasteiger partial charge in [0.25, 0.3) is 0 Å². The number of likely N-dealkylation sites (tertiary alicyclic amines) is 1. The van der Waals surface area contributed by atoms with Crippen molar-refractivity contribution < 1.29 is 8.78 Å². The Morgan fingerprint density at radius 1 is 1.30 bits per heavy atom. The topological polar surface area (TPSA) is 24.0 Å². The average molecular weight is 297 g/mol. The molecule has 108 valence electrons. The van der Waals surface area contributed by atoms with E-state index >= 15 is 0 Å². The number of imidazole rings is 1. The van der Waals surface area contributed by atoms with Crippen molar-refractivity contribution in [3.05, 3.63) is 28.5 Å². The van der Waals surface area contributed by atoms with Crippen LogP contribution in [0.3, 0.4) is 0 Å². The zero-order valence-electron chi connectivity index (χ0n) is 11.3. The SMILES string of the molecule is CC(Cn1c(=S)[nH]c2c(F)cc(F)cc21)N1CCCC1.